The van der Waals surface area contributed by atoms with Gasteiger partial charge in [-0.2, -0.15) is 0 Å². The van der Waals surface area contributed by atoms with E-state index in [-0.39, 0.29) is 52.5 Å². The molecule has 0 bridgehead atoms. The van der Waals surface area contributed by atoms with Gasteiger partial charge >= 0.3 is 5.97 Å². The third-order valence-corrected chi connectivity index (χ3v) is 9.18. The van der Waals surface area contributed by atoms with Crippen LogP contribution in [0, 0.1) is 0 Å². The molecule has 4 rings (SSSR count). The van der Waals surface area contributed by atoms with Gasteiger partial charge in [0.15, 0.2) is 11.5 Å². The van der Waals surface area contributed by atoms with Gasteiger partial charge in [-0.1, -0.05) is 12.2 Å². The summed E-state index contributed by atoms with van der Waals surface area (Å²) in [5.41, 5.74) is 0.506. The number of likely N-dealkylation sites (tertiary alicyclic amines) is 1. The van der Waals surface area contributed by atoms with Crippen molar-refractivity contribution in [1.29, 1.82) is 0 Å². The van der Waals surface area contributed by atoms with Crippen LogP contribution in [0.4, 0.5) is 0 Å². The number of rotatable bonds is 8. The Morgan fingerprint density at radius 2 is 1.63 bits per heavy atom. The van der Waals surface area contributed by atoms with Crippen molar-refractivity contribution in [2.45, 2.75) is 89.7 Å². The number of Topliss-reactive ketones (excluding diaryl/α,β-unsaturated/α-hetero) is 1. The summed E-state index contributed by atoms with van der Waals surface area (Å²) in [4.78, 5) is 53.2. The van der Waals surface area contributed by atoms with Crippen molar-refractivity contribution in [2.75, 3.05) is 34.4 Å². The highest BCUT2D eigenvalue weighted by Crippen LogP contribution is 2.47. The zero-order chi connectivity index (χ0) is 35.7. The molecule has 0 radical (unpaired) electrons. The van der Waals surface area contributed by atoms with Gasteiger partial charge in [-0.05, 0) is 74.8 Å². The quantitative estimate of drug-likeness (QED) is 0.314. The predicted octanol–water partition coefficient (Wildman–Crippen LogP) is 5.25. The average Bonchev–Trinajstić information content (AvgIpc) is 3.06. The maximum Gasteiger partial charge on any atom is 0.342 e. The van der Waals surface area contributed by atoms with Gasteiger partial charge in [-0.25, -0.2) is 4.79 Å². The smallest absolute Gasteiger partial charge is 0.342 e. The van der Waals surface area contributed by atoms with E-state index >= 15 is 0 Å². The topological polar surface area (TPSA) is 161 Å². The molecule has 2 aromatic rings. The monoisotopic (exact) mass is 680 g/mol. The number of allylic oxidation sites excluding steroid dienone is 1. The number of piperidine rings is 1. The number of benzene rings is 2. The Morgan fingerprint density at radius 1 is 0.980 bits per heavy atom. The van der Waals surface area contributed by atoms with E-state index in [1.807, 2.05) is 0 Å². The summed E-state index contributed by atoms with van der Waals surface area (Å²) in [6.07, 6.45) is 6.87. The van der Waals surface area contributed by atoms with E-state index in [1.165, 1.54) is 34.3 Å². The normalized spacial score (nSPS) is 18.5. The molecule has 0 aliphatic carbocycles. The molecule has 2 aliphatic heterocycles. The molecule has 2 aliphatic rings. The van der Waals surface area contributed by atoms with E-state index < -0.39 is 23.7 Å². The lowest BCUT2D eigenvalue weighted by Crippen LogP contribution is -2.46. The number of ketones is 1. The zero-order valence-corrected chi connectivity index (χ0v) is 29.0. The number of hydrogen-bond donors (Lipinski definition) is 3. The minimum absolute atomic E-state index is 0.0153. The highest BCUT2D eigenvalue weighted by Gasteiger charge is 2.33. The zero-order valence-electron chi connectivity index (χ0n) is 29.0. The predicted molar refractivity (Wildman–Crippen MR) is 182 cm³/mol. The molecule has 12 heteroatoms. The molecule has 2 heterocycles. The summed E-state index contributed by atoms with van der Waals surface area (Å²) >= 11 is 0. The van der Waals surface area contributed by atoms with Crippen molar-refractivity contribution in [3.8, 4) is 28.7 Å². The van der Waals surface area contributed by atoms with Crippen molar-refractivity contribution in [1.82, 2.24) is 10.2 Å². The van der Waals surface area contributed by atoms with Gasteiger partial charge in [0.25, 0.3) is 0 Å². The van der Waals surface area contributed by atoms with Gasteiger partial charge in [-0.3, -0.25) is 14.4 Å². The summed E-state index contributed by atoms with van der Waals surface area (Å²) in [6, 6.07) is 4.48. The summed E-state index contributed by atoms with van der Waals surface area (Å²) in [5, 5.41) is 26.5. The second-order valence-electron chi connectivity index (χ2n) is 12.6. The summed E-state index contributed by atoms with van der Waals surface area (Å²) in [6.45, 7) is 4.29. The van der Waals surface area contributed by atoms with Gasteiger partial charge in [0, 0.05) is 56.8 Å². The van der Waals surface area contributed by atoms with Crippen LogP contribution < -0.4 is 19.5 Å². The first kappa shape index (κ1) is 37.1. The van der Waals surface area contributed by atoms with Crippen LogP contribution in [0.2, 0.25) is 0 Å². The van der Waals surface area contributed by atoms with E-state index in [9.17, 15) is 29.4 Å². The molecular formula is C37H48N2O10. The molecule has 2 amide bonds. The van der Waals surface area contributed by atoms with Crippen LogP contribution in [0.5, 0.6) is 28.7 Å². The lowest BCUT2D eigenvalue weighted by Gasteiger charge is -2.32. The van der Waals surface area contributed by atoms with Gasteiger partial charge < -0.3 is 39.4 Å². The number of carbonyl (C=O) groups is 4. The lowest BCUT2D eigenvalue weighted by atomic mass is 9.84. The average molecular weight is 681 g/mol. The number of hydrogen-bond acceptors (Lipinski definition) is 10. The van der Waals surface area contributed by atoms with Gasteiger partial charge in [-0.15, -0.1) is 0 Å². The third-order valence-electron chi connectivity index (χ3n) is 9.18. The van der Waals surface area contributed by atoms with Crippen LogP contribution in [0.1, 0.15) is 105 Å². The highest BCUT2D eigenvalue weighted by molar-refractivity contribution is 5.98. The standard InChI is InChI=1S/C37H48N2O10/c1-22-10-9-13-27(41)12-8-6-7-11-24-18-29(42)34(35(44)33(24)37(45)49-22)28(25-19-30(46-3)36(48-5)31(20-25)47-4)21-32(43)38-26-14-16-39(17-15-26)23(2)40/h7,11,18-20,22,26,28,42,44H,6,8-10,12-17,21H2,1-5H3,(H,38,43)/t22-,28?/m0/s1. The first-order chi connectivity index (χ1) is 23.5. The van der Waals surface area contributed by atoms with E-state index in [4.69, 9.17) is 18.9 Å². The summed E-state index contributed by atoms with van der Waals surface area (Å²) in [7, 11) is 4.37. The number of phenolic OH excluding ortho intramolecular Hbond substituents is 2. The lowest BCUT2D eigenvalue weighted by molar-refractivity contribution is -0.130. The first-order valence-corrected chi connectivity index (χ1v) is 16.8. The molecule has 1 unspecified atom stereocenters. The number of esters is 1. The second-order valence-corrected chi connectivity index (χ2v) is 12.6. The van der Waals surface area contributed by atoms with Gasteiger partial charge in [0.1, 0.15) is 22.8 Å². The molecular weight excluding hydrogens is 632 g/mol. The number of amides is 2. The largest absolute Gasteiger partial charge is 0.507 e. The fourth-order valence-electron chi connectivity index (χ4n) is 6.52. The van der Waals surface area contributed by atoms with Crippen LogP contribution in [0.25, 0.3) is 6.08 Å². The summed E-state index contributed by atoms with van der Waals surface area (Å²) < 4.78 is 22.4. The minimum Gasteiger partial charge on any atom is -0.507 e. The van der Waals surface area contributed by atoms with Gasteiger partial charge in [0.2, 0.25) is 17.6 Å². The Bertz CT molecular complexity index is 1540. The molecule has 0 saturated carbocycles. The van der Waals surface area contributed by atoms with Crippen LogP contribution in [-0.2, 0) is 19.1 Å². The van der Waals surface area contributed by atoms with E-state index in [0.29, 0.717) is 87.3 Å². The van der Waals surface area contributed by atoms with Crippen molar-refractivity contribution >= 4 is 29.6 Å². The molecule has 0 spiro atoms. The number of nitrogens with one attached hydrogen (secondary N) is 1. The number of carbonyl (C=O) groups excluding carboxylic acids is 4. The van der Waals surface area contributed by atoms with Crippen LogP contribution in [-0.4, -0.2) is 85.2 Å². The number of methoxy groups -OCH3 is 3. The minimum atomic E-state index is -0.982. The Labute approximate surface area is 287 Å². The molecule has 0 aromatic heterocycles. The van der Waals surface area contributed by atoms with Crippen molar-refractivity contribution in [3.63, 3.8) is 0 Å². The molecule has 2 atom stereocenters. The molecule has 2 aromatic carbocycles. The molecule has 3 N–H and O–H groups in total. The fraction of sp³-hybridized carbons (Fsp3) is 0.514. The fourth-order valence-corrected chi connectivity index (χ4v) is 6.52. The van der Waals surface area contributed by atoms with Gasteiger partial charge in [0.05, 0.1) is 27.4 Å². The Kier molecular flexibility index (Phi) is 12.9. The first-order valence-electron chi connectivity index (χ1n) is 16.8. The van der Waals surface area contributed by atoms with Crippen molar-refractivity contribution < 1.29 is 48.3 Å². The molecule has 1 fully saturated rings. The highest BCUT2D eigenvalue weighted by atomic mass is 16.5. The number of cyclic esters (lactones) is 1. The summed E-state index contributed by atoms with van der Waals surface area (Å²) in [5.74, 6) is -1.92. The number of aromatic hydroxyl groups is 2. The van der Waals surface area contributed by atoms with E-state index in [2.05, 4.69) is 5.32 Å². The SMILES string of the molecule is COc1cc(C(CC(=O)NC2CCN(C(C)=O)CC2)c2c(O)cc3c(c2O)C(=O)O[C@@H](C)CCCC(=O)CCCC=C3)cc(OC)c1OC. The molecule has 12 nitrogen and oxygen atoms in total. The van der Waals surface area contributed by atoms with Crippen LogP contribution in [0.3, 0.4) is 0 Å². The van der Waals surface area contributed by atoms with Crippen molar-refractivity contribution in [3.05, 3.63) is 46.5 Å². The number of ether oxygens (including phenoxy) is 4. The van der Waals surface area contributed by atoms with Crippen LogP contribution in [0.15, 0.2) is 24.3 Å². The Morgan fingerprint density at radius 3 is 2.24 bits per heavy atom. The van der Waals surface area contributed by atoms with E-state index in [0.717, 1.165) is 0 Å². The Balaban J connectivity index is 1.81. The number of fused-ring (bicyclic) bond motifs is 1. The van der Waals surface area contributed by atoms with E-state index in [1.54, 1.807) is 36.1 Å². The Hall–Kier alpha value is -4.74. The molecule has 1 saturated heterocycles. The maximum absolute atomic E-state index is 13.7. The van der Waals surface area contributed by atoms with Crippen molar-refractivity contribution in [2.24, 2.45) is 0 Å². The second kappa shape index (κ2) is 17.1. The maximum atomic E-state index is 13.7. The third kappa shape index (κ3) is 9.24. The molecule has 266 valence electrons. The number of nitrogens with zero attached hydrogens (tertiary/aromatic N) is 1. The molecule has 49 heavy (non-hydrogen) atoms. The van der Waals surface area contributed by atoms with Crippen LogP contribution >= 0.6 is 0 Å². The number of phenols is 2.